The van der Waals surface area contributed by atoms with Crippen molar-refractivity contribution in [3.05, 3.63) is 0 Å². The first-order valence-electron chi connectivity index (χ1n) is 5.63. The van der Waals surface area contributed by atoms with E-state index in [1.165, 1.54) is 7.11 Å². The zero-order chi connectivity index (χ0) is 13.8. The summed E-state index contributed by atoms with van der Waals surface area (Å²) in [6.45, 7) is 6.41. The number of anilines is 2. The Morgan fingerprint density at radius 3 is 2.50 bits per heavy atom. The number of nitrogens with two attached hydrogens (primary N) is 1. The molecule has 8 heteroatoms. The number of nitrogens with one attached hydrogen (secondary N) is 1. The standard InChI is InChI=1S/C10H20N6O2/c1-5-16(6-10(2,3)17)8-12-7(15-11)13-9(14-8)18-4/h17H,5-6,11H2,1-4H3,(H,12,13,14,15). The number of hydrogen-bond donors (Lipinski definition) is 3. The predicted octanol–water partition coefficient (Wildman–Crippen LogP) is -0.237. The number of nitrogens with zero attached hydrogens (tertiary/aromatic N) is 4. The molecule has 0 saturated heterocycles. The van der Waals surface area contributed by atoms with Crippen LogP contribution in [0.4, 0.5) is 11.9 Å². The van der Waals surface area contributed by atoms with Crippen molar-refractivity contribution in [1.29, 1.82) is 0 Å². The monoisotopic (exact) mass is 256 g/mol. The SMILES string of the molecule is CCN(CC(C)(C)O)c1nc(NN)nc(OC)n1. The summed E-state index contributed by atoms with van der Waals surface area (Å²) >= 11 is 0. The van der Waals surface area contributed by atoms with Gasteiger partial charge < -0.3 is 14.7 Å². The molecular weight excluding hydrogens is 236 g/mol. The summed E-state index contributed by atoms with van der Waals surface area (Å²) in [5.41, 5.74) is 1.50. The van der Waals surface area contributed by atoms with Crippen LogP contribution in [0.2, 0.25) is 0 Å². The summed E-state index contributed by atoms with van der Waals surface area (Å²) in [5.74, 6) is 5.90. The molecule has 0 atom stereocenters. The molecule has 4 N–H and O–H groups in total. The van der Waals surface area contributed by atoms with Crippen molar-refractivity contribution in [3.8, 4) is 6.01 Å². The van der Waals surface area contributed by atoms with E-state index in [0.717, 1.165) is 0 Å². The highest BCUT2D eigenvalue weighted by Gasteiger charge is 2.20. The molecule has 0 saturated carbocycles. The Labute approximate surface area is 106 Å². The number of likely N-dealkylation sites (N-methyl/N-ethyl adjacent to an activating group) is 1. The summed E-state index contributed by atoms with van der Waals surface area (Å²) < 4.78 is 4.98. The van der Waals surface area contributed by atoms with Gasteiger partial charge in [-0.15, -0.1) is 0 Å². The van der Waals surface area contributed by atoms with E-state index in [0.29, 0.717) is 19.0 Å². The third-order valence-corrected chi connectivity index (χ3v) is 2.16. The van der Waals surface area contributed by atoms with Gasteiger partial charge in [-0.25, -0.2) is 5.84 Å². The Balaban J connectivity index is 3.04. The lowest BCUT2D eigenvalue weighted by Crippen LogP contribution is -2.39. The summed E-state index contributed by atoms with van der Waals surface area (Å²) in [4.78, 5) is 14.0. The van der Waals surface area contributed by atoms with Gasteiger partial charge in [-0.1, -0.05) is 0 Å². The van der Waals surface area contributed by atoms with Crippen LogP contribution in [0, 0.1) is 0 Å². The average Bonchev–Trinajstić information content (AvgIpc) is 2.34. The predicted molar refractivity (Wildman–Crippen MR) is 68.4 cm³/mol. The third kappa shape index (κ3) is 3.97. The number of nitrogen functional groups attached to an aromatic ring is 1. The minimum Gasteiger partial charge on any atom is -0.467 e. The van der Waals surface area contributed by atoms with Crippen molar-refractivity contribution < 1.29 is 9.84 Å². The maximum Gasteiger partial charge on any atom is 0.322 e. The van der Waals surface area contributed by atoms with Crippen molar-refractivity contribution in [2.45, 2.75) is 26.4 Å². The molecule has 0 radical (unpaired) electrons. The Hall–Kier alpha value is -1.67. The van der Waals surface area contributed by atoms with Gasteiger partial charge >= 0.3 is 6.01 Å². The number of ether oxygens (including phenoxy) is 1. The molecule has 18 heavy (non-hydrogen) atoms. The van der Waals surface area contributed by atoms with Gasteiger partial charge in [-0.2, -0.15) is 15.0 Å². The maximum atomic E-state index is 9.85. The molecule has 0 spiro atoms. The molecule has 0 aliphatic heterocycles. The third-order valence-electron chi connectivity index (χ3n) is 2.16. The molecule has 1 heterocycles. The second-order valence-electron chi connectivity index (χ2n) is 4.42. The second-order valence-corrected chi connectivity index (χ2v) is 4.42. The van der Waals surface area contributed by atoms with Crippen LogP contribution >= 0.6 is 0 Å². The zero-order valence-corrected chi connectivity index (χ0v) is 11.1. The fourth-order valence-corrected chi connectivity index (χ4v) is 1.43. The van der Waals surface area contributed by atoms with Crippen LogP contribution in [-0.2, 0) is 0 Å². The first-order chi connectivity index (χ1) is 8.39. The van der Waals surface area contributed by atoms with Crippen LogP contribution in [0.25, 0.3) is 0 Å². The summed E-state index contributed by atoms with van der Waals surface area (Å²) in [6.07, 6.45) is 0. The second kappa shape index (κ2) is 5.78. The molecular formula is C10H20N6O2. The van der Waals surface area contributed by atoms with Crippen LogP contribution in [0.15, 0.2) is 0 Å². The van der Waals surface area contributed by atoms with E-state index < -0.39 is 5.60 Å². The van der Waals surface area contributed by atoms with E-state index in [-0.39, 0.29) is 12.0 Å². The van der Waals surface area contributed by atoms with Crippen molar-refractivity contribution in [2.75, 3.05) is 30.5 Å². The van der Waals surface area contributed by atoms with E-state index in [2.05, 4.69) is 20.4 Å². The maximum absolute atomic E-state index is 9.85. The van der Waals surface area contributed by atoms with E-state index in [1.807, 2.05) is 11.8 Å². The topological polar surface area (TPSA) is 109 Å². The fourth-order valence-electron chi connectivity index (χ4n) is 1.43. The lowest BCUT2D eigenvalue weighted by Gasteiger charge is -2.28. The van der Waals surface area contributed by atoms with Gasteiger partial charge in [0, 0.05) is 13.1 Å². The molecule has 0 aliphatic carbocycles. The first-order valence-corrected chi connectivity index (χ1v) is 5.63. The van der Waals surface area contributed by atoms with Crippen LogP contribution in [0.1, 0.15) is 20.8 Å². The first kappa shape index (κ1) is 14.4. The lowest BCUT2D eigenvalue weighted by atomic mass is 10.1. The van der Waals surface area contributed by atoms with Crippen molar-refractivity contribution in [2.24, 2.45) is 5.84 Å². The molecule has 1 rings (SSSR count). The lowest BCUT2D eigenvalue weighted by molar-refractivity contribution is 0.0871. The molecule has 0 bridgehead atoms. The average molecular weight is 256 g/mol. The van der Waals surface area contributed by atoms with Gasteiger partial charge in [0.2, 0.25) is 11.9 Å². The minimum atomic E-state index is -0.855. The van der Waals surface area contributed by atoms with Crippen molar-refractivity contribution in [3.63, 3.8) is 0 Å². The summed E-state index contributed by atoms with van der Waals surface area (Å²) in [7, 11) is 1.46. The Kier molecular flexibility index (Phi) is 4.62. The number of aliphatic hydroxyl groups is 1. The van der Waals surface area contributed by atoms with Gasteiger partial charge in [-0.05, 0) is 20.8 Å². The number of methoxy groups -OCH3 is 1. The van der Waals surface area contributed by atoms with E-state index >= 15 is 0 Å². The fraction of sp³-hybridized carbons (Fsp3) is 0.700. The molecule has 0 unspecified atom stereocenters. The molecule has 1 aromatic rings. The van der Waals surface area contributed by atoms with Gasteiger partial charge in [-0.3, -0.25) is 5.43 Å². The highest BCUT2D eigenvalue weighted by atomic mass is 16.5. The van der Waals surface area contributed by atoms with E-state index in [1.54, 1.807) is 13.8 Å². The van der Waals surface area contributed by atoms with E-state index in [9.17, 15) is 5.11 Å². The highest BCUT2D eigenvalue weighted by Crippen LogP contribution is 2.16. The summed E-state index contributed by atoms with van der Waals surface area (Å²) in [6, 6.07) is 0.169. The largest absolute Gasteiger partial charge is 0.467 e. The molecule has 0 aromatic carbocycles. The van der Waals surface area contributed by atoms with Crippen molar-refractivity contribution >= 4 is 11.9 Å². The Morgan fingerprint density at radius 1 is 1.39 bits per heavy atom. The van der Waals surface area contributed by atoms with Crippen LogP contribution in [0.5, 0.6) is 6.01 Å². The van der Waals surface area contributed by atoms with Crippen LogP contribution in [0.3, 0.4) is 0 Å². The van der Waals surface area contributed by atoms with Gasteiger partial charge in [0.1, 0.15) is 0 Å². The zero-order valence-electron chi connectivity index (χ0n) is 11.1. The molecule has 0 amide bonds. The normalized spacial score (nSPS) is 11.2. The van der Waals surface area contributed by atoms with Gasteiger partial charge in [0.15, 0.2) is 0 Å². The number of hydrazine groups is 1. The van der Waals surface area contributed by atoms with Crippen LogP contribution in [-0.4, -0.2) is 45.9 Å². The van der Waals surface area contributed by atoms with E-state index in [4.69, 9.17) is 10.6 Å². The molecule has 102 valence electrons. The molecule has 8 nitrogen and oxygen atoms in total. The van der Waals surface area contributed by atoms with Crippen molar-refractivity contribution in [1.82, 2.24) is 15.0 Å². The van der Waals surface area contributed by atoms with Gasteiger partial charge in [0.25, 0.3) is 0 Å². The Morgan fingerprint density at radius 2 is 2.06 bits per heavy atom. The van der Waals surface area contributed by atoms with Crippen LogP contribution < -0.4 is 20.9 Å². The molecule has 1 aromatic heterocycles. The number of aromatic nitrogens is 3. The smallest absolute Gasteiger partial charge is 0.322 e. The van der Waals surface area contributed by atoms with Gasteiger partial charge in [0.05, 0.1) is 12.7 Å². The summed E-state index contributed by atoms with van der Waals surface area (Å²) in [5, 5.41) is 9.85. The highest BCUT2D eigenvalue weighted by molar-refractivity contribution is 5.38. The Bertz CT molecular complexity index is 370. The quantitative estimate of drug-likeness (QED) is 0.472. The molecule has 0 aliphatic rings. The number of hydrogen-bond acceptors (Lipinski definition) is 8. The number of rotatable bonds is 6. The molecule has 0 fully saturated rings. The minimum absolute atomic E-state index is 0.169.